The smallest absolute Gasteiger partial charge is 0.184 e. The molecule has 0 aromatic heterocycles. The van der Waals surface area contributed by atoms with Crippen molar-refractivity contribution in [1.29, 1.82) is 0 Å². The van der Waals surface area contributed by atoms with Gasteiger partial charge in [0.1, 0.15) is 5.75 Å². The SMILES string of the molecule is C#CC(Oc1ccccc1C=C)c1ccccc1. The molecule has 0 saturated heterocycles. The van der Waals surface area contributed by atoms with Gasteiger partial charge in [-0.15, -0.1) is 6.42 Å². The summed E-state index contributed by atoms with van der Waals surface area (Å²) in [7, 11) is 0. The van der Waals surface area contributed by atoms with Gasteiger partial charge in [-0.1, -0.05) is 67.1 Å². The maximum absolute atomic E-state index is 5.86. The molecule has 2 aromatic carbocycles. The van der Waals surface area contributed by atoms with Crippen LogP contribution in [0, 0.1) is 12.3 Å². The highest BCUT2D eigenvalue weighted by molar-refractivity contribution is 5.55. The normalized spacial score (nSPS) is 11.3. The second kappa shape index (κ2) is 5.75. The minimum Gasteiger partial charge on any atom is -0.472 e. The van der Waals surface area contributed by atoms with E-state index in [2.05, 4.69) is 12.5 Å². The average molecular weight is 234 g/mol. The van der Waals surface area contributed by atoms with Crippen LogP contribution >= 0.6 is 0 Å². The van der Waals surface area contributed by atoms with E-state index in [4.69, 9.17) is 11.2 Å². The number of para-hydroxylation sites is 1. The summed E-state index contributed by atoms with van der Waals surface area (Å²) >= 11 is 0. The second-order valence-corrected chi connectivity index (χ2v) is 3.82. The summed E-state index contributed by atoms with van der Waals surface area (Å²) in [6, 6.07) is 17.5. The zero-order valence-corrected chi connectivity index (χ0v) is 10.0. The van der Waals surface area contributed by atoms with E-state index in [1.807, 2.05) is 54.6 Å². The number of rotatable bonds is 4. The Morgan fingerprint density at radius 2 is 1.72 bits per heavy atom. The highest BCUT2D eigenvalue weighted by Crippen LogP contribution is 2.25. The molecular formula is C17H14O. The Morgan fingerprint density at radius 3 is 2.39 bits per heavy atom. The van der Waals surface area contributed by atoms with E-state index in [1.54, 1.807) is 6.08 Å². The van der Waals surface area contributed by atoms with Crippen LogP contribution in [0.5, 0.6) is 5.75 Å². The van der Waals surface area contributed by atoms with Crippen LogP contribution in [-0.4, -0.2) is 0 Å². The number of benzene rings is 2. The largest absolute Gasteiger partial charge is 0.472 e. The summed E-state index contributed by atoms with van der Waals surface area (Å²) in [6.07, 6.45) is 6.92. The van der Waals surface area contributed by atoms with Crippen molar-refractivity contribution in [1.82, 2.24) is 0 Å². The molecule has 0 radical (unpaired) electrons. The first-order chi connectivity index (χ1) is 8.85. The van der Waals surface area contributed by atoms with Gasteiger partial charge in [-0.05, 0) is 6.07 Å². The van der Waals surface area contributed by atoms with Gasteiger partial charge in [0.15, 0.2) is 6.10 Å². The lowest BCUT2D eigenvalue weighted by Crippen LogP contribution is -2.05. The van der Waals surface area contributed by atoms with E-state index in [0.717, 1.165) is 16.9 Å². The van der Waals surface area contributed by atoms with Crippen molar-refractivity contribution in [2.45, 2.75) is 6.10 Å². The summed E-state index contributed by atoms with van der Waals surface area (Å²) < 4.78 is 5.86. The Labute approximate surface area is 108 Å². The van der Waals surface area contributed by atoms with Gasteiger partial charge in [-0.2, -0.15) is 0 Å². The van der Waals surface area contributed by atoms with Gasteiger partial charge >= 0.3 is 0 Å². The molecule has 0 N–H and O–H groups in total. The molecule has 0 amide bonds. The highest BCUT2D eigenvalue weighted by atomic mass is 16.5. The summed E-state index contributed by atoms with van der Waals surface area (Å²) in [4.78, 5) is 0. The number of hydrogen-bond donors (Lipinski definition) is 0. The monoisotopic (exact) mass is 234 g/mol. The van der Waals surface area contributed by atoms with Crippen LogP contribution in [0.1, 0.15) is 17.2 Å². The van der Waals surface area contributed by atoms with Crippen molar-refractivity contribution in [2.75, 3.05) is 0 Å². The van der Waals surface area contributed by atoms with Crippen LogP contribution in [0.15, 0.2) is 61.2 Å². The van der Waals surface area contributed by atoms with Crippen molar-refractivity contribution < 1.29 is 4.74 Å². The number of hydrogen-bond acceptors (Lipinski definition) is 1. The molecule has 0 fully saturated rings. The summed E-state index contributed by atoms with van der Waals surface area (Å²) in [5.41, 5.74) is 1.91. The molecule has 2 aromatic rings. The van der Waals surface area contributed by atoms with Crippen LogP contribution in [0.4, 0.5) is 0 Å². The Hall–Kier alpha value is -2.46. The summed E-state index contributed by atoms with van der Waals surface area (Å²) in [5, 5.41) is 0. The third-order valence-corrected chi connectivity index (χ3v) is 2.64. The van der Waals surface area contributed by atoms with Gasteiger partial charge in [-0.25, -0.2) is 0 Å². The fourth-order valence-electron chi connectivity index (χ4n) is 1.71. The molecule has 0 heterocycles. The lowest BCUT2D eigenvalue weighted by atomic mass is 10.1. The molecule has 88 valence electrons. The Bertz CT molecular complexity index is 564. The van der Waals surface area contributed by atoms with Gasteiger partial charge < -0.3 is 4.74 Å². The minimum absolute atomic E-state index is 0.382. The third-order valence-electron chi connectivity index (χ3n) is 2.64. The van der Waals surface area contributed by atoms with Crippen molar-refractivity contribution >= 4 is 6.08 Å². The molecule has 0 spiro atoms. The van der Waals surface area contributed by atoms with Gasteiger partial charge in [0.05, 0.1) is 0 Å². The molecular weight excluding hydrogens is 220 g/mol. The predicted molar refractivity (Wildman–Crippen MR) is 75.2 cm³/mol. The molecule has 1 nitrogen and oxygen atoms in total. The van der Waals surface area contributed by atoms with Crippen LogP contribution in [0.3, 0.4) is 0 Å². The van der Waals surface area contributed by atoms with E-state index < -0.39 is 0 Å². The van der Waals surface area contributed by atoms with Crippen molar-refractivity contribution in [2.24, 2.45) is 0 Å². The summed E-state index contributed by atoms with van der Waals surface area (Å²) in [6.45, 7) is 3.77. The average Bonchev–Trinajstić information content (AvgIpc) is 2.46. The van der Waals surface area contributed by atoms with Gasteiger partial charge in [0.2, 0.25) is 0 Å². The Morgan fingerprint density at radius 1 is 1.06 bits per heavy atom. The van der Waals surface area contributed by atoms with E-state index in [-0.39, 0.29) is 6.10 Å². The number of terminal acetylenes is 1. The Kier molecular flexibility index (Phi) is 3.83. The highest BCUT2D eigenvalue weighted by Gasteiger charge is 2.10. The quantitative estimate of drug-likeness (QED) is 0.724. The van der Waals surface area contributed by atoms with Gasteiger partial charge in [0, 0.05) is 11.1 Å². The molecule has 0 bridgehead atoms. The first-order valence-corrected chi connectivity index (χ1v) is 5.74. The van der Waals surface area contributed by atoms with Crippen LogP contribution in [-0.2, 0) is 0 Å². The molecule has 0 aliphatic rings. The molecule has 1 atom stereocenters. The van der Waals surface area contributed by atoms with Crippen LogP contribution < -0.4 is 4.74 Å². The lowest BCUT2D eigenvalue weighted by molar-refractivity contribution is 0.264. The zero-order valence-electron chi connectivity index (χ0n) is 10.0. The van der Waals surface area contributed by atoms with E-state index in [1.165, 1.54) is 0 Å². The molecule has 1 unspecified atom stereocenters. The molecule has 0 aliphatic heterocycles. The van der Waals surface area contributed by atoms with E-state index in [9.17, 15) is 0 Å². The minimum atomic E-state index is -0.382. The fourth-order valence-corrected chi connectivity index (χ4v) is 1.71. The summed E-state index contributed by atoms with van der Waals surface area (Å²) in [5.74, 6) is 3.41. The third kappa shape index (κ3) is 2.61. The second-order valence-electron chi connectivity index (χ2n) is 3.82. The zero-order chi connectivity index (χ0) is 12.8. The van der Waals surface area contributed by atoms with Crippen molar-refractivity contribution in [3.8, 4) is 18.1 Å². The first kappa shape index (κ1) is 12.0. The van der Waals surface area contributed by atoms with Gasteiger partial charge in [-0.3, -0.25) is 0 Å². The van der Waals surface area contributed by atoms with Crippen molar-refractivity contribution in [3.63, 3.8) is 0 Å². The van der Waals surface area contributed by atoms with Crippen molar-refractivity contribution in [3.05, 3.63) is 72.3 Å². The molecule has 0 saturated carbocycles. The predicted octanol–water partition coefficient (Wildman–Crippen LogP) is 4.08. The van der Waals surface area contributed by atoms with Crippen LogP contribution in [0.2, 0.25) is 0 Å². The molecule has 1 heteroatoms. The number of ether oxygens (including phenoxy) is 1. The van der Waals surface area contributed by atoms with E-state index in [0.29, 0.717) is 0 Å². The molecule has 0 aliphatic carbocycles. The van der Waals surface area contributed by atoms with Crippen LogP contribution in [0.25, 0.3) is 6.08 Å². The maximum Gasteiger partial charge on any atom is 0.184 e. The van der Waals surface area contributed by atoms with E-state index >= 15 is 0 Å². The maximum atomic E-state index is 5.86. The topological polar surface area (TPSA) is 9.23 Å². The lowest BCUT2D eigenvalue weighted by Gasteiger charge is -2.15. The van der Waals surface area contributed by atoms with Gasteiger partial charge in [0.25, 0.3) is 0 Å². The molecule has 2 rings (SSSR count). The Balaban J connectivity index is 2.27. The first-order valence-electron chi connectivity index (χ1n) is 5.74. The fraction of sp³-hybridized carbons (Fsp3) is 0.0588. The molecule has 18 heavy (non-hydrogen) atoms. The standard InChI is InChI=1S/C17H14O/c1-3-14-10-8-9-13-17(14)18-16(4-2)15-11-6-5-7-12-15/h2-3,5-13,16H,1H2.